The first-order chi connectivity index (χ1) is 17.9. The van der Waals surface area contributed by atoms with E-state index in [0.717, 1.165) is 81.3 Å². The fourth-order valence-corrected chi connectivity index (χ4v) is 5.94. The van der Waals surface area contributed by atoms with Crippen LogP contribution in [0.3, 0.4) is 0 Å². The summed E-state index contributed by atoms with van der Waals surface area (Å²) in [5.74, 6) is -0.384. The number of fused-ring (bicyclic) bond motifs is 1. The van der Waals surface area contributed by atoms with E-state index in [4.69, 9.17) is 9.15 Å². The van der Waals surface area contributed by atoms with Gasteiger partial charge in [-0.05, 0) is 75.7 Å². The smallest absolute Gasteiger partial charge is 0.417 e. The predicted molar refractivity (Wildman–Crippen MR) is 143 cm³/mol. The Morgan fingerprint density at radius 2 is 1.81 bits per heavy atom. The van der Waals surface area contributed by atoms with Crippen LogP contribution >= 0.6 is 0 Å². The molecule has 2 aromatic rings. The number of hydrogen-bond acceptors (Lipinski definition) is 6. The summed E-state index contributed by atoms with van der Waals surface area (Å²) in [5, 5.41) is 0. The SMILES string of the molecule is CCCCCCOC(=O)C1CCN(C2CCN(C(=O)[C@H](C)Cc3cc(C)c4[nH]c(=O)oc4c3)CC2)CC1. The second-order valence-electron chi connectivity index (χ2n) is 11.0. The van der Waals surface area contributed by atoms with Crippen molar-refractivity contribution >= 4 is 23.0 Å². The molecule has 1 aromatic heterocycles. The Kier molecular flexibility index (Phi) is 9.46. The van der Waals surface area contributed by atoms with Crippen molar-refractivity contribution in [3.8, 4) is 0 Å². The summed E-state index contributed by atoms with van der Waals surface area (Å²) in [6.07, 6.45) is 8.79. The Labute approximate surface area is 219 Å². The first-order valence-corrected chi connectivity index (χ1v) is 14.2. The maximum Gasteiger partial charge on any atom is 0.417 e. The zero-order chi connectivity index (χ0) is 26.4. The van der Waals surface area contributed by atoms with Crippen molar-refractivity contribution in [1.29, 1.82) is 0 Å². The molecule has 0 unspecified atom stereocenters. The molecule has 2 saturated heterocycles. The molecule has 2 aliphatic rings. The van der Waals surface area contributed by atoms with Crippen LogP contribution in [0.4, 0.5) is 0 Å². The quantitative estimate of drug-likeness (QED) is 0.373. The first-order valence-electron chi connectivity index (χ1n) is 14.2. The largest absolute Gasteiger partial charge is 0.465 e. The van der Waals surface area contributed by atoms with Crippen LogP contribution in [-0.2, 0) is 20.7 Å². The van der Waals surface area contributed by atoms with Crippen LogP contribution in [-0.4, -0.2) is 65.5 Å². The van der Waals surface area contributed by atoms with E-state index in [-0.39, 0.29) is 23.7 Å². The standard InChI is InChI=1S/C29H43N3O5/c1-4-5-6-7-16-36-28(34)23-8-12-31(13-9-23)24-10-14-32(15-11-24)27(33)21(3)18-22-17-20(2)26-25(19-22)37-29(35)30-26/h17,19,21,23-24H,4-16,18H2,1-3H3,(H,30,35)/t21-/m1/s1. The number of aromatic amines is 1. The normalized spacial score (nSPS) is 18.8. The molecule has 0 bridgehead atoms. The van der Waals surface area contributed by atoms with Gasteiger partial charge in [0.25, 0.3) is 0 Å². The molecule has 4 rings (SSSR count). The van der Waals surface area contributed by atoms with Gasteiger partial charge in [-0.15, -0.1) is 0 Å². The summed E-state index contributed by atoms with van der Waals surface area (Å²) in [6, 6.07) is 4.37. The van der Waals surface area contributed by atoms with Gasteiger partial charge in [0.05, 0.1) is 18.0 Å². The van der Waals surface area contributed by atoms with Gasteiger partial charge in [-0.25, -0.2) is 4.79 Å². The zero-order valence-corrected chi connectivity index (χ0v) is 22.7. The summed E-state index contributed by atoms with van der Waals surface area (Å²) in [7, 11) is 0. The minimum absolute atomic E-state index is 0.0152. The molecule has 37 heavy (non-hydrogen) atoms. The number of esters is 1. The molecular weight excluding hydrogens is 470 g/mol. The molecule has 0 spiro atoms. The van der Waals surface area contributed by atoms with Gasteiger partial charge < -0.3 is 19.0 Å². The number of benzene rings is 1. The Balaban J connectivity index is 1.19. The third-order valence-electron chi connectivity index (χ3n) is 8.15. The van der Waals surface area contributed by atoms with Crippen molar-refractivity contribution < 1.29 is 18.7 Å². The van der Waals surface area contributed by atoms with Crippen molar-refractivity contribution in [3.63, 3.8) is 0 Å². The first kappa shape index (κ1) is 27.4. The van der Waals surface area contributed by atoms with Crippen LogP contribution in [0.1, 0.15) is 76.3 Å². The maximum atomic E-state index is 13.2. The number of likely N-dealkylation sites (tertiary alicyclic amines) is 2. The summed E-state index contributed by atoms with van der Waals surface area (Å²) < 4.78 is 10.8. The number of H-pyrrole nitrogens is 1. The van der Waals surface area contributed by atoms with Crippen LogP contribution < -0.4 is 5.76 Å². The maximum absolute atomic E-state index is 13.2. The number of oxazole rings is 1. The van der Waals surface area contributed by atoms with Gasteiger partial charge >= 0.3 is 11.7 Å². The molecule has 0 aliphatic carbocycles. The number of ether oxygens (including phenoxy) is 1. The average Bonchev–Trinajstić information content (AvgIpc) is 3.29. The Morgan fingerprint density at radius 1 is 1.08 bits per heavy atom. The highest BCUT2D eigenvalue weighted by Crippen LogP contribution is 2.26. The van der Waals surface area contributed by atoms with Crippen molar-refractivity contribution in [1.82, 2.24) is 14.8 Å². The summed E-state index contributed by atoms with van der Waals surface area (Å²) in [6.45, 7) is 10.1. The number of rotatable bonds is 10. The second-order valence-corrected chi connectivity index (χ2v) is 11.0. The molecule has 1 amide bonds. The monoisotopic (exact) mass is 513 g/mol. The number of nitrogens with one attached hydrogen (secondary N) is 1. The van der Waals surface area contributed by atoms with E-state index >= 15 is 0 Å². The number of hydrogen-bond donors (Lipinski definition) is 1. The molecule has 0 saturated carbocycles. The van der Waals surface area contributed by atoms with Crippen LogP contribution in [0.25, 0.3) is 11.1 Å². The van der Waals surface area contributed by atoms with Gasteiger partial charge in [-0.3, -0.25) is 14.6 Å². The lowest BCUT2D eigenvalue weighted by atomic mass is 9.92. The van der Waals surface area contributed by atoms with Crippen LogP contribution in [0.2, 0.25) is 0 Å². The third-order valence-corrected chi connectivity index (χ3v) is 8.15. The van der Waals surface area contributed by atoms with Crippen molar-refractivity contribution in [2.24, 2.45) is 11.8 Å². The molecule has 1 atom stereocenters. The van der Waals surface area contributed by atoms with Gasteiger partial charge in [0, 0.05) is 25.0 Å². The number of carbonyl (C=O) groups is 2. The summed E-state index contributed by atoms with van der Waals surface area (Å²) in [5.41, 5.74) is 3.22. The Morgan fingerprint density at radius 3 is 2.51 bits per heavy atom. The lowest BCUT2D eigenvalue weighted by molar-refractivity contribution is -0.150. The van der Waals surface area contributed by atoms with E-state index in [1.165, 1.54) is 12.8 Å². The molecule has 204 valence electrons. The van der Waals surface area contributed by atoms with Crippen LogP contribution in [0, 0.1) is 18.8 Å². The lowest BCUT2D eigenvalue weighted by Crippen LogP contribution is -2.50. The van der Waals surface area contributed by atoms with E-state index in [9.17, 15) is 14.4 Å². The lowest BCUT2D eigenvalue weighted by Gasteiger charge is -2.41. The van der Waals surface area contributed by atoms with Crippen molar-refractivity contribution in [3.05, 3.63) is 33.8 Å². The highest BCUT2D eigenvalue weighted by atomic mass is 16.5. The second kappa shape index (κ2) is 12.8. The summed E-state index contributed by atoms with van der Waals surface area (Å²) in [4.78, 5) is 44.4. The molecule has 2 aliphatic heterocycles. The number of nitrogens with zero attached hydrogens (tertiary/aromatic N) is 2. The predicted octanol–water partition coefficient (Wildman–Crippen LogP) is 4.43. The third kappa shape index (κ3) is 7.03. The number of aromatic nitrogens is 1. The molecule has 1 aromatic carbocycles. The van der Waals surface area contributed by atoms with Crippen molar-refractivity contribution in [2.45, 2.75) is 84.6 Å². The minimum atomic E-state index is -0.454. The van der Waals surface area contributed by atoms with E-state index < -0.39 is 5.76 Å². The van der Waals surface area contributed by atoms with Gasteiger partial charge in [-0.1, -0.05) is 39.2 Å². The average molecular weight is 514 g/mol. The number of aryl methyl sites for hydroxylation is 1. The highest BCUT2D eigenvalue weighted by Gasteiger charge is 2.33. The molecule has 2 fully saturated rings. The van der Waals surface area contributed by atoms with Gasteiger partial charge in [0.1, 0.15) is 0 Å². The molecule has 8 heteroatoms. The van der Waals surface area contributed by atoms with Crippen LogP contribution in [0.15, 0.2) is 21.3 Å². The molecule has 8 nitrogen and oxygen atoms in total. The highest BCUT2D eigenvalue weighted by molar-refractivity contribution is 5.80. The number of unbranched alkanes of at least 4 members (excludes halogenated alkanes) is 3. The minimum Gasteiger partial charge on any atom is -0.465 e. The fraction of sp³-hybridized carbons (Fsp3) is 0.690. The fourth-order valence-electron chi connectivity index (χ4n) is 5.94. The number of piperidine rings is 2. The molecule has 0 radical (unpaired) electrons. The van der Waals surface area contributed by atoms with Crippen LogP contribution in [0.5, 0.6) is 0 Å². The summed E-state index contributed by atoms with van der Waals surface area (Å²) >= 11 is 0. The molecule has 3 heterocycles. The van der Waals surface area contributed by atoms with E-state index in [0.29, 0.717) is 24.7 Å². The number of amides is 1. The Hall–Kier alpha value is -2.61. The van der Waals surface area contributed by atoms with Crippen molar-refractivity contribution in [2.75, 3.05) is 32.8 Å². The topological polar surface area (TPSA) is 95.9 Å². The van der Waals surface area contributed by atoms with Gasteiger partial charge in [-0.2, -0.15) is 0 Å². The van der Waals surface area contributed by atoms with E-state index in [1.54, 1.807) is 0 Å². The number of carbonyl (C=O) groups excluding carboxylic acids is 2. The van der Waals surface area contributed by atoms with Gasteiger partial charge in [0.15, 0.2) is 5.58 Å². The van der Waals surface area contributed by atoms with Gasteiger partial charge in [0.2, 0.25) is 5.91 Å². The van der Waals surface area contributed by atoms with E-state index in [1.807, 2.05) is 30.9 Å². The molecular formula is C29H43N3O5. The zero-order valence-electron chi connectivity index (χ0n) is 22.7. The molecule has 1 N–H and O–H groups in total. The Bertz CT molecular complexity index is 1110. The van der Waals surface area contributed by atoms with E-state index in [2.05, 4.69) is 16.8 Å².